The molecule has 3 rings (SSSR count). The van der Waals surface area contributed by atoms with Crippen molar-refractivity contribution in [2.75, 3.05) is 19.0 Å². The summed E-state index contributed by atoms with van der Waals surface area (Å²) in [5.41, 5.74) is 0.816. The molecule has 1 aromatic carbocycles. The SMILES string of the molecule is COC(=O)COc1cc(-c2csc(Nc3cccc(C(F)(F)F)c3)n2)ccn1. The first-order valence-corrected chi connectivity index (χ1v) is 8.79. The van der Waals surface area contributed by atoms with Crippen molar-refractivity contribution in [1.82, 2.24) is 9.97 Å². The monoisotopic (exact) mass is 409 g/mol. The van der Waals surface area contributed by atoms with Gasteiger partial charge in [0.05, 0.1) is 18.4 Å². The number of pyridine rings is 1. The van der Waals surface area contributed by atoms with Crippen molar-refractivity contribution in [1.29, 1.82) is 0 Å². The number of hydrogen-bond donors (Lipinski definition) is 1. The molecular formula is C18H14F3N3O3S. The molecule has 146 valence electrons. The van der Waals surface area contributed by atoms with Gasteiger partial charge in [0.25, 0.3) is 0 Å². The number of thiazole rings is 1. The topological polar surface area (TPSA) is 73.3 Å². The second-order valence-electron chi connectivity index (χ2n) is 5.49. The summed E-state index contributed by atoms with van der Waals surface area (Å²) in [6.45, 7) is -0.271. The van der Waals surface area contributed by atoms with Crippen molar-refractivity contribution in [3.63, 3.8) is 0 Å². The average Bonchev–Trinajstić information content (AvgIpc) is 3.14. The second-order valence-corrected chi connectivity index (χ2v) is 6.35. The number of ether oxygens (including phenoxy) is 2. The molecule has 10 heteroatoms. The Balaban J connectivity index is 1.73. The molecule has 0 saturated carbocycles. The molecule has 0 aliphatic rings. The van der Waals surface area contributed by atoms with Gasteiger partial charge < -0.3 is 14.8 Å². The summed E-state index contributed by atoms with van der Waals surface area (Å²) in [6, 6.07) is 8.19. The van der Waals surface area contributed by atoms with E-state index >= 15 is 0 Å². The van der Waals surface area contributed by atoms with E-state index in [0.717, 1.165) is 12.1 Å². The first kappa shape index (κ1) is 19.6. The van der Waals surface area contributed by atoms with E-state index in [-0.39, 0.29) is 18.2 Å². The maximum absolute atomic E-state index is 12.8. The lowest BCUT2D eigenvalue weighted by atomic mass is 10.2. The van der Waals surface area contributed by atoms with E-state index in [1.54, 1.807) is 17.5 Å². The summed E-state index contributed by atoms with van der Waals surface area (Å²) in [5, 5.41) is 5.05. The van der Waals surface area contributed by atoms with E-state index in [0.29, 0.717) is 16.4 Å². The molecule has 0 radical (unpaired) electrons. The Morgan fingerprint density at radius 1 is 1.25 bits per heavy atom. The summed E-state index contributed by atoms with van der Waals surface area (Å²) in [7, 11) is 1.25. The quantitative estimate of drug-likeness (QED) is 0.604. The van der Waals surface area contributed by atoms with Crippen LogP contribution in [0.15, 0.2) is 48.0 Å². The molecule has 2 aromatic heterocycles. The molecule has 0 aliphatic carbocycles. The van der Waals surface area contributed by atoms with E-state index in [9.17, 15) is 18.0 Å². The molecule has 0 bridgehead atoms. The fourth-order valence-electron chi connectivity index (χ4n) is 2.20. The molecule has 0 spiro atoms. The molecule has 0 unspecified atom stereocenters. The third-order valence-corrected chi connectivity index (χ3v) is 4.30. The van der Waals surface area contributed by atoms with Crippen LogP contribution < -0.4 is 10.1 Å². The van der Waals surface area contributed by atoms with Crippen LogP contribution >= 0.6 is 11.3 Å². The predicted octanol–water partition coefficient (Wildman–Crippen LogP) is 4.52. The largest absolute Gasteiger partial charge is 0.466 e. The van der Waals surface area contributed by atoms with Crippen molar-refractivity contribution in [3.05, 3.63) is 53.5 Å². The zero-order valence-corrected chi connectivity index (χ0v) is 15.3. The second kappa shape index (κ2) is 8.26. The van der Waals surface area contributed by atoms with Crippen LogP contribution in [-0.2, 0) is 15.7 Å². The number of benzene rings is 1. The van der Waals surface area contributed by atoms with E-state index < -0.39 is 17.7 Å². The Bertz CT molecular complexity index is 976. The number of methoxy groups -OCH3 is 1. The zero-order valence-electron chi connectivity index (χ0n) is 14.5. The molecule has 1 N–H and O–H groups in total. The highest BCUT2D eigenvalue weighted by Gasteiger charge is 2.30. The number of nitrogens with one attached hydrogen (secondary N) is 1. The third-order valence-electron chi connectivity index (χ3n) is 3.54. The van der Waals surface area contributed by atoms with Gasteiger partial charge in [-0.3, -0.25) is 0 Å². The van der Waals surface area contributed by atoms with Crippen molar-refractivity contribution >= 4 is 28.1 Å². The van der Waals surface area contributed by atoms with Gasteiger partial charge in [0, 0.05) is 28.9 Å². The fraction of sp³-hybridized carbons (Fsp3) is 0.167. The summed E-state index contributed by atoms with van der Waals surface area (Å²) in [5.74, 6) is -0.309. The first-order chi connectivity index (χ1) is 13.3. The van der Waals surface area contributed by atoms with Gasteiger partial charge in [-0.15, -0.1) is 11.3 Å². The molecule has 6 nitrogen and oxygen atoms in total. The van der Waals surface area contributed by atoms with Crippen LogP contribution in [0, 0.1) is 0 Å². The molecular weight excluding hydrogens is 395 g/mol. The minimum absolute atomic E-state index is 0.225. The number of anilines is 2. The molecule has 3 aromatic rings. The molecule has 0 amide bonds. The lowest BCUT2D eigenvalue weighted by Crippen LogP contribution is -2.13. The number of esters is 1. The van der Waals surface area contributed by atoms with Crippen LogP contribution in [-0.4, -0.2) is 29.7 Å². The van der Waals surface area contributed by atoms with Gasteiger partial charge in [-0.1, -0.05) is 6.07 Å². The van der Waals surface area contributed by atoms with Gasteiger partial charge in [0.2, 0.25) is 5.88 Å². The van der Waals surface area contributed by atoms with E-state index in [1.807, 2.05) is 0 Å². The minimum atomic E-state index is -4.41. The summed E-state index contributed by atoms with van der Waals surface area (Å²) < 4.78 is 48.2. The highest BCUT2D eigenvalue weighted by atomic mass is 32.1. The van der Waals surface area contributed by atoms with Crippen molar-refractivity contribution < 1.29 is 27.4 Å². The molecule has 0 aliphatic heterocycles. The summed E-state index contributed by atoms with van der Waals surface area (Å²) in [6.07, 6.45) is -2.91. The zero-order chi connectivity index (χ0) is 20.1. The van der Waals surface area contributed by atoms with Crippen molar-refractivity contribution in [3.8, 4) is 17.1 Å². The maximum atomic E-state index is 12.8. The molecule has 2 heterocycles. The molecule has 0 atom stereocenters. The number of alkyl halides is 3. The van der Waals surface area contributed by atoms with Crippen LogP contribution in [0.5, 0.6) is 5.88 Å². The number of carbonyl (C=O) groups excluding carboxylic acids is 1. The fourth-order valence-corrected chi connectivity index (χ4v) is 2.94. The first-order valence-electron chi connectivity index (χ1n) is 7.91. The van der Waals surface area contributed by atoms with Gasteiger partial charge >= 0.3 is 12.1 Å². The van der Waals surface area contributed by atoms with E-state index in [2.05, 4.69) is 20.0 Å². The minimum Gasteiger partial charge on any atom is -0.466 e. The average molecular weight is 409 g/mol. The Labute approximate surface area is 162 Å². The van der Waals surface area contributed by atoms with Gasteiger partial charge in [-0.2, -0.15) is 13.2 Å². The Hall–Kier alpha value is -3.14. The number of hydrogen-bond acceptors (Lipinski definition) is 7. The smallest absolute Gasteiger partial charge is 0.416 e. The van der Waals surface area contributed by atoms with Crippen LogP contribution in [0.2, 0.25) is 0 Å². The number of carbonyl (C=O) groups is 1. The Morgan fingerprint density at radius 2 is 2.07 bits per heavy atom. The van der Waals surface area contributed by atoms with Crippen molar-refractivity contribution in [2.45, 2.75) is 6.18 Å². The normalized spacial score (nSPS) is 11.1. The molecule has 0 saturated heterocycles. The number of rotatable bonds is 6. The molecule has 0 fully saturated rings. The molecule has 28 heavy (non-hydrogen) atoms. The summed E-state index contributed by atoms with van der Waals surface area (Å²) in [4.78, 5) is 19.5. The van der Waals surface area contributed by atoms with E-state index in [1.165, 1.54) is 36.8 Å². The van der Waals surface area contributed by atoms with Gasteiger partial charge in [-0.25, -0.2) is 14.8 Å². The number of nitrogens with zero attached hydrogens (tertiary/aromatic N) is 2. The third kappa shape index (κ3) is 4.97. The number of halogens is 3. The van der Waals surface area contributed by atoms with Crippen LogP contribution in [0.4, 0.5) is 24.0 Å². The maximum Gasteiger partial charge on any atom is 0.416 e. The highest BCUT2D eigenvalue weighted by molar-refractivity contribution is 7.14. The standard InChI is InChI=1S/C18H14F3N3O3S/c1-26-16(25)9-27-15-7-11(5-6-22-15)14-10-28-17(24-14)23-13-4-2-3-12(8-13)18(19,20)21/h2-8,10H,9H2,1H3,(H,23,24). The summed E-state index contributed by atoms with van der Waals surface area (Å²) >= 11 is 1.24. The van der Waals surface area contributed by atoms with E-state index in [4.69, 9.17) is 4.74 Å². The van der Waals surface area contributed by atoms with Gasteiger partial charge in [0.15, 0.2) is 11.7 Å². The van der Waals surface area contributed by atoms with Crippen LogP contribution in [0.1, 0.15) is 5.56 Å². The number of aromatic nitrogens is 2. The van der Waals surface area contributed by atoms with Crippen molar-refractivity contribution in [2.24, 2.45) is 0 Å². The Kier molecular flexibility index (Phi) is 5.78. The Morgan fingerprint density at radius 3 is 2.82 bits per heavy atom. The van der Waals surface area contributed by atoms with Gasteiger partial charge in [0.1, 0.15) is 0 Å². The lowest BCUT2D eigenvalue weighted by Gasteiger charge is -2.09. The van der Waals surface area contributed by atoms with Gasteiger partial charge in [-0.05, 0) is 24.3 Å². The highest BCUT2D eigenvalue weighted by Crippen LogP contribution is 2.33. The lowest BCUT2D eigenvalue weighted by molar-refractivity contribution is -0.143. The van der Waals surface area contributed by atoms with Crippen LogP contribution in [0.25, 0.3) is 11.3 Å². The predicted molar refractivity (Wildman–Crippen MR) is 97.6 cm³/mol. The van der Waals surface area contributed by atoms with Crippen LogP contribution in [0.3, 0.4) is 0 Å².